The summed E-state index contributed by atoms with van der Waals surface area (Å²) in [4.78, 5) is 18.4. The van der Waals surface area contributed by atoms with Crippen molar-refractivity contribution in [2.45, 2.75) is 12.5 Å². The van der Waals surface area contributed by atoms with E-state index < -0.39 is 9.84 Å². The molecule has 120 valence electrons. The van der Waals surface area contributed by atoms with Crippen LogP contribution in [-0.2, 0) is 14.6 Å². The number of aromatic nitrogens is 1. The van der Waals surface area contributed by atoms with Gasteiger partial charge < -0.3 is 0 Å². The molecule has 0 unspecified atom stereocenters. The van der Waals surface area contributed by atoms with Crippen molar-refractivity contribution >= 4 is 43.8 Å². The molecule has 23 heavy (non-hydrogen) atoms. The molecule has 2 aliphatic heterocycles. The Balaban J connectivity index is 1.66. The van der Waals surface area contributed by atoms with E-state index in [1.807, 2.05) is 17.5 Å². The van der Waals surface area contributed by atoms with E-state index in [1.165, 1.54) is 11.3 Å². The Hall–Kier alpha value is -1.44. The van der Waals surface area contributed by atoms with Crippen LogP contribution in [0.5, 0.6) is 0 Å². The third-order valence-corrected chi connectivity index (χ3v) is 7.19. The summed E-state index contributed by atoms with van der Waals surface area (Å²) in [5.41, 5.74) is 1.68. The topological polar surface area (TPSA) is 67.3 Å². The molecule has 2 fully saturated rings. The minimum absolute atomic E-state index is 0.0353. The molecule has 5 nitrogen and oxygen atoms in total. The van der Waals surface area contributed by atoms with Crippen LogP contribution in [0.25, 0.3) is 11.3 Å². The van der Waals surface area contributed by atoms with Gasteiger partial charge in [-0.2, -0.15) is 0 Å². The summed E-state index contributed by atoms with van der Waals surface area (Å²) in [5, 5.41) is 3.10. The summed E-state index contributed by atoms with van der Waals surface area (Å²) < 4.78 is 23.6. The number of hydrogen-bond donors (Lipinski definition) is 0. The monoisotopic (exact) mass is 368 g/mol. The van der Waals surface area contributed by atoms with Gasteiger partial charge in [-0.15, -0.1) is 11.3 Å². The lowest BCUT2D eigenvalue weighted by Gasteiger charge is -2.19. The lowest BCUT2D eigenvalue weighted by atomic mass is 10.1. The molecule has 0 N–H and O–H groups in total. The highest BCUT2D eigenvalue weighted by Gasteiger charge is 2.50. The molecular formula is C15H13ClN2O3S2. The van der Waals surface area contributed by atoms with Gasteiger partial charge >= 0.3 is 0 Å². The molecule has 1 amide bonds. The first-order valence-electron chi connectivity index (χ1n) is 7.17. The minimum Gasteiger partial charge on any atom is -0.284 e. The Morgan fingerprint density at radius 3 is 2.70 bits per heavy atom. The maximum absolute atomic E-state index is 12.3. The highest BCUT2D eigenvalue weighted by Crippen LogP contribution is 2.39. The summed E-state index contributed by atoms with van der Waals surface area (Å²) in [5.74, 6) is 0.0106. The zero-order chi connectivity index (χ0) is 16.2. The van der Waals surface area contributed by atoms with E-state index in [1.54, 1.807) is 17.0 Å². The third-order valence-electron chi connectivity index (χ3n) is 4.31. The zero-order valence-corrected chi connectivity index (χ0v) is 14.4. The van der Waals surface area contributed by atoms with Crippen LogP contribution >= 0.6 is 22.9 Å². The predicted octanol–water partition coefficient (Wildman–Crippen LogP) is 2.61. The molecule has 4 rings (SSSR count). The summed E-state index contributed by atoms with van der Waals surface area (Å²) in [6.45, 7) is 0. The number of halogens is 1. The van der Waals surface area contributed by atoms with Crippen LogP contribution in [0.4, 0.5) is 5.13 Å². The van der Waals surface area contributed by atoms with Gasteiger partial charge in [0.25, 0.3) is 0 Å². The fraction of sp³-hybridized carbons (Fsp3) is 0.333. The van der Waals surface area contributed by atoms with Gasteiger partial charge in [-0.05, 0) is 12.1 Å². The molecule has 0 spiro atoms. The molecule has 0 aliphatic carbocycles. The van der Waals surface area contributed by atoms with Gasteiger partial charge in [0.1, 0.15) is 0 Å². The molecular weight excluding hydrogens is 356 g/mol. The van der Waals surface area contributed by atoms with Crippen molar-refractivity contribution in [1.29, 1.82) is 0 Å². The van der Waals surface area contributed by atoms with E-state index in [4.69, 9.17) is 11.6 Å². The maximum Gasteiger partial charge on any atom is 0.229 e. The number of carbonyl (C=O) groups excluding carboxylic acids is 1. The van der Waals surface area contributed by atoms with E-state index in [0.717, 1.165) is 11.3 Å². The van der Waals surface area contributed by atoms with Gasteiger partial charge in [-0.3, -0.25) is 9.69 Å². The van der Waals surface area contributed by atoms with Gasteiger partial charge in [0, 0.05) is 28.3 Å². The fourth-order valence-corrected chi connectivity index (χ4v) is 6.37. The van der Waals surface area contributed by atoms with Crippen molar-refractivity contribution in [3.8, 4) is 11.3 Å². The van der Waals surface area contributed by atoms with Crippen LogP contribution in [0.2, 0.25) is 5.02 Å². The minimum atomic E-state index is -3.05. The Labute approximate surface area is 142 Å². The summed E-state index contributed by atoms with van der Waals surface area (Å²) in [6, 6.07) is 7.05. The van der Waals surface area contributed by atoms with Crippen molar-refractivity contribution in [3.05, 3.63) is 34.7 Å². The number of sulfone groups is 1. The van der Waals surface area contributed by atoms with Crippen LogP contribution in [0, 0.1) is 5.92 Å². The SMILES string of the molecule is O=C1C[C@H]2CS(=O)(=O)C[C@@H]2N1c1nc(-c2ccc(Cl)cc2)cs1. The van der Waals surface area contributed by atoms with Crippen molar-refractivity contribution in [2.75, 3.05) is 16.4 Å². The molecule has 1 aromatic carbocycles. The average Bonchev–Trinajstić information content (AvgIpc) is 3.12. The zero-order valence-electron chi connectivity index (χ0n) is 12.0. The number of carbonyl (C=O) groups is 1. The van der Waals surface area contributed by atoms with E-state index in [-0.39, 0.29) is 29.4 Å². The van der Waals surface area contributed by atoms with E-state index in [0.29, 0.717) is 16.6 Å². The number of fused-ring (bicyclic) bond motifs is 1. The molecule has 0 saturated carbocycles. The molecule has 0 radical (unpaired) electrons. The number of thiazole rings is 1. The highest BCUT2D eigenvalue weighted by atomic mass is 35.5. The Morgan fingerprint density at radius 1 is 1.22 bits per heavy atom. The van der Waals surface area contributed by atoms with Crippen molar-refractivity contribution in [1.82, 2.24) is 4.98 Å². The molecule has 2 aliphatic rings. The standard InChI is InChI=1S/C15H13ClN2O3S2/c16-11-3-1-9(2-4-11)12-6-22-15(17-12)18-13-8-23(20,21)7-10(13)5-14(18)19/h1-4,6,10,13H,5,7-8H2/t10-,13-/m0/s1. The molecule has 0 bridgehead atoms. The van der Waals surface area contributed by atoms with Gasteiger partial charge in [0.2, 0.25) is 5.91 Å². The number of rotatable bonds is 2. The largest absolute Gasteiger partial charge is 0.284 e. The molecule has 2 saturated heterocycles. The van der Waals surface area contributed by atoms with Gasteiger partial charge in [-0.1, -0.05) is 23.7 Å². The smallest absolute Gasteiger partial charge is 0.229 e. The maximum atomic E-state index is 12.3. The van der Waals surface area contributed by atoms with Crippen molar-refractivity contribution < 1.29 is 13.2 Å². The summed E-state index contributed by atoms with van der Waals surface area (Å²) >= 11 is 7.25. The van der Waals surface area contributed by atoms with E-state index >= 15 is 0 Å². The quantitative estimate of drug-likeness (QED) is 0.817. The summed E-state index contributed by atoms with van der Waals surface area (Å²) in [6.07, 6.45) is 0.291. The predicted molar refractivity (Wildman–Crippen MR) is 90.6 cm³/mol. The summed E-state index contributed by atoms with van der Waals surface area (Å²) in [7, 11) is -3.05. The Bertz CT molecular complexity index is 876. The Kier molecular flexibility index (Phi) is 3.48. The van der Waals surface area contributed by atoms with Crippen molar-refractivity contribution in [3.63, 3.8) is 0 Å². The fourth-order valence-electron chi connectivity index (χ4n) is 3.27. The lowest BCUT2D eigenvalue weighted by Crippen LogP contribution is -2.36. The second-order valence-electron chi connectivity index (χ2n) is 5.89. The molecule has 2 aromatic rings. The van der Waals surface area contributed by atoms with Gasteiger partial charge in [0.05, 0.1) is 23.2 Å². The highest BCUT2D eigenvalue weighted by molar-refractivity contribution is 7.91. The number of hydrogen-bond acceptors (Lipinski definition) is 5. The normalized spacial score (nSPS) is 25.8. The average molecular weight is 369 g/mol. The molecule has 2 atom stereocenters. The number of benzene rings is 1. The van der Waals surface area contributed by atoms with Crippen LogP contribution < -0.4 is 4.90 Å². The van der Waals surface area contributed by atoms with E-state index in [9.17, 15) is 13.2 Å². The first-order valence-corrected chi connectivity index (χ1v) is 10.2. The second kappa shape index (κ2) is 5.29. The second-order valence-corrected chi connectivity index (χ2v) is 9.32. The molecule has 8 heteroatoms. The van der Waals surface area contributed by atoms with Crippen LogP contribution in [0.1, 0.15) is 6.42 Å². The van der Waals surface area contributed by atoms with Crippen LogP contribution in [0.3, 0.4) is 0 Å². The van der Waals surface area contributed by atoms with Crippen molar-refractivity contribution in [2.24, 2.45) is 5.92 Å². The number of anilines is 1. The lowest BCUT2D eigenvalue weighted by molar-refractivity contribution is -0.117. The first-order chi connectivity index (χ1) is 10.9. The van der Waals surface area contributed by atoms with Gasteiger partial charge in [0.15, 0.2) is 15.0 Å². The third kappa shape index (κ3) is 2.66. The number of nitrogens with zero attached hydrogens (tertiary/aromatic N) is 2. The van der Waals surface area contributed by atoms with Gasteiger partial charge in [-0.25, -0.2) is 13.4 Å². The van der Waals surface area contributed by atoms with Crippen LogP contribution in [-0.4, -0.2) is 36.9 Å². The van der Waals surface area contributed by atoms with Crippen LogP contribution in [0.15, 0.2) is 29.6 Å². The number of amides is 1. The first kappa shape index (κ1) is 15.1. The molecule has 3 heterocycles. The van der Waals surface area contributed by atoms with E-state index in [2.05, 4.69) is 4.98 Å². The Morgan fingerprint density at radius 2 is 1.96 bits per heavy atom. The molecule has 1 aromatic heterocycles.